The molecule has 2 saturated carbocycles. The fraction of sp³-hybridized carbons (Fsp3) is 0.562. The van der Waals surface area contributed by atoms with Crippen molar-refractivity contribution in [1.82, 2.24) is 0 Å². The molecule has 0 radical (unpaired) electrons. The Morgan fingerprint density at radius 3 is 2.79 bits per heavy atom. The summed E-state index contributed by atoms with van der Waals surface area (Å²) in [6.45, 7) is 4.52. The van der Waals surface area contributed by atoms with Gasteiger partial charge in [-0.25, -0.2) is 0 Å². The van der Waals surface area contributed by atoms with Crippen molar-refractivity contribution in [3.8, 4) is 5.75 Å². The van der Waals surface area contributed by atoms with Gasteiger partial charge < -0.3 is 9.47 Å². The average molecular weight is 260 g/mol. The Kier molecular flexibility index (Phi) is 2.80. The number of methoxy groups -OCH3 is 1. The lowest BCUT2D eigenvalue weighted by Gasteiger charge is -2.18. The first kappa shape index (κ1) is 12.5. The maximum atomic E-state index is 12.0. The molecule has 4 atom stereocenters. The molecule has 3 unspecified atom stereocenters. The number of carbonyl (C=O) groups is 1. The molecule has 3 rings (SSSR count). The summed E-state index contributed by atoms with van der Waals surface area (Å²) >= 11 is 0. The summed E-state index contributed by atoms with van der Waals surface area (Å²) in [5, 5.41) is 0. The Morgan fingerprint density at radius 2 is 2.16 bits per heavy atom. The minimum Gasteiger partial charge on any atom is -0.497 e. The predicted octanol–water partition coefficient (Wildman–Crippen LogP) is 2.78. The topological polar surface area (TPSA) is 35.5 Å². The first-order chi connectivity index (χ1) is 9.21. The van der Waals surface area contributed by atoms with E-state index in [1.807, 2.05) is 19.1 Å². The number of benzene rings is 1. The lowest BCUT2D eigenvalue weighted by atomic mass is 9.88. The first-order valence-electron chi connectivity index (χ1n) is 7.02. The molecule has 1 aromatic carbocycles. The third kappa shape index (κ3) is 1.54. The van der Waals surface area contributed by atoms with Crippen molar-refractivity contribution in [2.24, 2.45) is 17.8 Å². The Bertz CT molecular complexity index is 510. The standard InChI is InChI=1S/C16H20O3/c1-4-12-13-14(15(17)19-5-2)16(12,13)10-7-6-8-11(9-10)18-3/h6-9,12-14H,4-5H2,1-3H3/t12?,13?,14-,16?/m0/s1. The number of esters is 1. The Labute approximate surface area is 113 Å². The van der Waals surface area contributed by atoms with Crippen molar-refractivity contribution in [2.75, 3.05) is 13.7 Å². The minimum absolute atomic E-state index is 0.0278. The van der Waals surface area contributed by atoms with Crippen molar-refractivity contribution in [1.29, 1.82) is 0 Å². The molecule has 2 aliphatic rings. The van der Waals surface area contributed by atoms with Gasteiger partial charge in [0.1, 0.15) is 5.75 Å². The Balaban J connectivity index is 1.87. The quantitative estimate of drug-likeness (QED) is 0.764. The molecule has 2 fully saturated rings. The summed E-state index contributed by atoms with van der Waals surface area (Å²) in [6, 6.07) is 8.14. The van der Waals surface area contributed by atoms with Crippen LogP contribution in [0.4, 0.5) is 0 Å². The van der Waals surface area contributed by atoms with Gasteiger partial charge in [-0.3, -0.25) is 4.79 Å². The molecule has 0 saturated heterocycles. The van der Waals surface area contributed by atoms with Crippen molar-refractivity contribution in [3.05, 3.63) is 29.8 Å². The SMILES string of the molecule is CCOC(=O)[C@@H]1C2C(CC)C21c1cccc(OC)c1. The van der Waals surface area contributed by atoms with E-state index in [-0.39, 0.29) is 17.3 Å². The van der Waals surface area contributed by atoms with Gasteiger partial charge in [0.15, 0.2) is 0 Å². The third-order valence-electron chi connectivity index (χ3n) is 4.80. The third-order valence-corrected chi connectivity index (χ3v) is 4.80. The van der Waals surface area contributed by atoms with E-state index in [4.69, 9.17) is 9.47 Å². The molecular formula is C16H20O3. The zero-order valence-corrected chi connectivity index (χ0v) is 11.7. The second kappa shape index (κ2) is 4.26. The molecular weight excluding hydrogens is 240 g/mol. The van der Waals surface area contributed by atoms with E-state index in [1.165, 1.54) is 5.56 Å². The minimum atomic E-state index is -0.0278. The summed E-state index contributed by atoms with van der Waals surface area (Å²) < 4.78 is 10.5. The number of ether oxygens (including phenoxy) is 2. The maximum absolute atomic E-state index is 12.0. The second-order valence-corrected chi connectivity index (χ2v) is 5.44. The lowest BCUT2D eigenvalue weighted by Crippen LogP contribution is -2.22. The number of hydrogen-bond donors (Lipinski definition) is 0. The van der Waals surface area contributed by atoms with Crippen LogP contribution in [0.15, 0.2) is 24.3 Å². The van der Waals surface area contributed by atoms with E-state index in [2.05, 4.69) is 19.1 Å². The number of carbonyl (C=O) groups excluding carboxylic acids is 1. The molecule has 3 heteroatoms. The van der Waals surface area contributed by atoms with Gasteiger partial charge in [-0.15, -0.1) is 0 Å². The molecule has 0 heterocycles. The van der Waals surface area contributed by atoms with Gasteiger partial charge in [0.05, 0.1) is 19.6 Å². The summed E-state index contributed by atoms with van der Waals surface area (Å²) in [5.41, 5.74) is 1.29. The molecule has 1 aromatic rings. The largest absolute Gasteiger partial charge is 0.497 e. The van der Waals surface area contributed by atoms with Crippen LogP contribution in [0.3, 0.4) is 0 Å². The van der Waals surface area contributed by atoms with E-state index < -0.39 is 0 Å². The number of fused-ring (bicyclic) bond motifs is 1. The van der Waals surface area contributed by atoms with Crippen LogP contribution in [0.2, 0.25) is 0 Å². The summed E-state index contributed by atoms with van der Waals surface area (Å²) in [4.78, 5) is 12.0. The van der Waals surface area contributed by atoms with Crippen LogP contribution >= 0.6 is 0 Å². The molecule has 0 N–H and O–H groups in total. The van der Waals surface area contributed by atoms with Crippen LogP contribution in [0, 0.1) is 17.8 Å². The van der Waals surface area contributed by atoms with Gasteiger partial charge >= 0.3 is 5.97 Å². The van der Waals surface area contributed by atoms with Gasteiger partial charge in [-0.05, 0) is 36.5 Å². The van der Waals surface area contributed by atoms with Crippen molar-refractivity contribution >= 4 is 5.97 Å². The zero-order chi connectivity index (χ0) is 13.6. The normalized spacial score (nSPS) is 34.4. The van der Waals surface area contributed by atoms with Crippen LogP contribution in [0.1, 0.15) is 25.8 Å². The predicted molar refractivity (Wildman–Crippen MR) is 72.1 cm³/mol. The van der Waals surface area contributed by atoms with Crippen LogP contribution < -0.4 is 4.74 Å². The maximum Gasteiger partial charge on any atom is 0.310 e. The molecule has 0 spiro atoms. The highest BCUT2D eigenvalue weighted by Gasteiger charge is 2.88. The molecule has 0 bridgehead atoms. The molecule has 2 aliphatic carbocycles. The van der Waals surface area contributed by atoms with Crippen LogP contribution in [-0.2, 0) is 14.9 Å². The van der Waals surface area contributed by atoms with Crippen LogP contribution in [0.5, 0.6) is 5.75 Å². The highest BCUT2D eigenvalue weighted by molar-refractivity contribution is 5.84. The van der Waals surface area contributed by atoms with E-state index in [0.717, 1.165) is 12.2 Å². The van der Waals surface area contributed by atoms with E-state index in [0.29, 0.717) is 18.4 Å². The van der Waals surface area contributed by atoms with E-state index >= 15 is 0 Å². The molecule has 19 heavy (non-hydrogen) atoms. The molecule has 0 amide bonds. The van der Waals surface area contributed by atoms with Crippen LogP contribution in [-0.4, -0.2) is 19.7 Å². The molecule has 0 aliphatic heterocycles. The average Bonchev–Trinajstić information content (AvgIpc) is 3.28. The summed E-state index contributed by atoms with van der Waals surface area (Å²) in [5.74, 6) is 2.03. The second-order valence-electron chi connectivity index (χ2n) is 5.44. The zero-order valence-electron chi connectivity index (χ0n) is 11.7. The van der Waals surface area contributed by atoms with Gasteiger partial charge in [-0.1, -0.05) is 25.5 Å². The summed E-state index contributed by atoms with van der Waals surface area (Å²) in [6.07, 6.45) is 1.12. The highest BCUT2D eigenvalue weighted by atomic mass is 16.5. The monoisotopic (exact) mass is 260 g/mol. The van der Waals surface area contributed by atoms with Crippen molar-refractivity contribution in [3.63, 3.8) is 0 Å². The Hall–Kier alpha value is -1.51. The van der Waals surface area contributed by atoms with Gasteiger partial charge in [0.2, 0.25) is 0 Å². The fourth-order valence-corrected chi connectivity index (χ4v) is 3.94. The van der Waals surface area contributed by atoms with E-state index in [9.17, 15) is 4.79 Å². The first-order valence-corrected chi connectivity index (χ1v) is 7.02. The lowest BCUT2D eigenvalue weighted by molar-refractivity contribution is -0.146. The number of rotatable bonds is 5. The van der Waals surface area contributed by atoms with Crippen molar-refractivity contribution < 1.29 is 14.3 Å². The van der Waals surface area contributed by atoms with Gasteiger partial charge in [0, 0.05) is 5.41 Å². The molecule has 0 aromatic heterocycles. The van der Waals surface area contributed by atoms with Gasteiger partial charge in [-0.2, -0.15) is 0 Å². The highest BCUT2D eigenvalue weighted by Crippen LogP contribution is 2.85. The Morgan fingerprint density at radius 1 is 1.37 bits per heavy atom. The fourth-order valence-electron chi connectivity index (χ4n) is 3.94. The van der Waals surface area contributed by atoms with Crippen LogP contribution in [0.25, 0.3) is 0 Å². The van der Waals surface area contributed by atoms with Gasteiger partial charge in [0.25, 0.3) is 0 Å². The van der Waals surface area contributed by atoms with Crippen molar-refractivity contribution in [2.45, 2.75) is 25.7 Å². The summed E-state index contributed by atoms with van der Waals surface area (Å²) in [7, 11) is 1.67. The van der Waals surface area contributed by atoms with E-state index in [1.54, 1.807) is 7.11 Å². The molecule has 3 nitrogen and oxygen atoms in total. The molecule has 102 valence electrons. The smallest absolute Gasteiger partial charge is 0.310 e. The number of hydrogen-bond acceptors (Lipinski definition) is 3.